The second kappa shape index (κ2) is 8.69. The molecule has 0 spiro atoms. The number of carbonyl (C=O) groups excluding carboxylic acids is 2. The summed E-state index contributed by atoms with van der Waals surface area (Å²) >= 11 is 0. The van der Waals surface area contributed by atoms with Crippen molar-refractivity contribution in [1.29, 1.82) is 0 Å². The molecule has 0 heterocycles. The molecule has 0 aromatic heterocycles. The highest BCUT2D eigenvalue weighted by molar-refractivity contribution is 5.98. The molecule has 1 N–H and O–H groups in total. The summed E-state index contributed by atoms with van der Waals surface area (Å²) in [6, 6.07) is 6.00. The third-order valence-corrected chi connectivity index (χ3v) is 4.10. The van der Waals surface area contributed by atoms with Crippen LogP contribution in [0, 0.1) is 0 Å². The van der Waals surface area contributed by atoms with Crippen molar-refractivity contribution in [1.82, 2.24) is 5.32 Å². The maximum Gasteiger partial charge on any atom is 0.220 e. The van der Waals surface area contributed by atoms with Crippen LogP contribution in [0.2, 0.25) is 0 Å². The molecule has 0 saturated heterocycles. The van der Waals surface area contributed by atoms with Crippen molar-refractivity contribution in [2.75, 3.05) is 20.3 Å². The Kier molecular flexibility index (Phi) is 6.59. The summed E-state index contributed by atoms with van der Waals surface area (Å²) in [6.45, 7) is 1.23. The Hall–Kier alpha value is -1.68. The molecule has 120 valence electrons. The number of hydrogen-bond acceptors (Lipinski definition) is 3. The summed E-state index contributed by atoms with van der Waals surface area (Å²) in [5, 5.41) is 2.80. The number of hydrogen-bond donors (Lipinski definition) is 1. The zero-order valence-corrected chi connectivity index (χ0v) is 13.3. The summed E-state index contributed by atoms with van der Waals surface area (Å²) < 4.78 is 4.92. The first-order valence-corrected chi connectivity index (χ1v) is 8.11. The Bertz CT molecular complexity index is 525. The van der Waals surface area contributed by atoms with E-state index in [0.717, 1.165) is 24.8 Å². The van der Waals surface area contributed by atoms with Crippen molar-refractivity contribution in [3.05, 3.63) is 34.9 Å². The highest BCUT2D eigenvalue weighted by Gasteiger charge is 2.13. The Morgan fingerprint density at radius 3 is 2.68 bits per heavy atom. The van der Waals surface area contributed by atoms with Crippen molar-refractivity contribution in [2.45, 2.75) is 44.9 Å². The van der Waals surface area contributed by atoms with Gasteiger partial charge in [-0.2, -0.15) is 0 Å². The molecule has 0 saturated carbocycles. The minimum absolute atomic E-state index is 0.0559. The van der Waals surface area contributed by atoms with E-state index < -0.39 is 0 Å². The van der Waals surface area contributed by atoms with E-state index >= 15 is 0 Å². The first-order valence-electron chi connectivity index (χ1n) is 8.11. The molecule has 0 fully saturated rings. The molecule has 1 aromatic rings. The normalized spacial score (nSPS) is 13.5. The lowest BCUT2D eigenvalue weighted by Crippen LogP contribution is -2.25. The van der Waals surface area contributed by atoms with Gasteiger partial charge in [-0.15, -0.1) is 0 Å². The fourth-order valence-corrected chi connectivity index (χ4v) is 2.81. The summed E-state index contributed by atoms with van der Waals surface area (Å²) in [5.74, 6) is -0.0113. The molecule has 2 rings (SSSR count). The zero-order chi connectivity index (χ0) is 15.8. The van der Waals surface area contributed by atoms with Crippen LogP contribution in [0.25, 0.3) is 0 Å². The zero-order valence-electron chi connectivity index (χ0n) is 13.3. The molecular formula is C18H25NO3. The number of carbonyl (C=O) groups is 2. The van der Waals surface area contributed by atoms with Crippen LogP contribution in [0.15, 0.2) is 18.2 Å². The van der Waals surface area contributed by atoms with E-state index in [1.54, 1.807) is 7.11 Å². The quantitative estimate of drug-likeness (QED) is 0.593. The number of fused-ring (bicyclic) bond motifs is 1. The van der Waals surface area contributed by atoms with Gasteiger partial charge >= 0.3 is 0 Å². The molecule has 1 aliphatic rings. The van der Waals surface area contributed by atoms with Crippen LogP contribution in [-0.4, -0.2) is 32.0 Å². The molecular weight excluding hydrogens is 278 g/mol. The highest BCUT2D eigenvalue weighted by atomic mass is 16.5. The van der Waals surface area contributed by atoms with Gasteiger partial charge in [0.1, 0.15) is 0 Å². The molecule has 0 bridgehead atoms. The van der Waals surface area contributed by atoms with Gasteiger partial charge in [0, 0.05) is 38.7 Å². The van der Waals surface area contributed by atoms with Crippen LogP contribution < -0.4 is 5.32 Å². The van der Waals surface area contributed by atoms with Crippen LogP contribution in [0.5, 0.6) is 0 Å². The van der Waals surface area contributed by atoms with Crippen molar-refractivity contribution < 1.29 is 14.3 Å². The first kappa shape index (κ1) is 16.7. The Morgan fingerprint density at radius 1 is 1.14 bits per heavy atom. The smallest absolute Gasteiger partial charge is 0.220 e. The lowest BCUT2D eigenvalue weighted by atomic mass is 9.89. The van der Waals surface area contributed by atoms with Crippen LogP contribution in [0.1, 0.15) is 53.6 Å². The van der Waals surface area contributed by atoms with Crippen LogP contribution in [0.4, 0.5) is 0 Å². The standard InChI is InChI=1S/C18H25NO3/c1-22-12-4-11-19-18(21)10-9-17(20)16-8-7-14-5-2-3-6-15(14)13-16/h7-8,13H,2-6,9-12H2,1H3,(H,19,21). The number of Topliss-reactive ketones (excluding diaryl/α,β-unsaturated/α-hetero) is 1. The predicted octanol–water partition coefficient (Wildman–Crippen LogP) is 2.68. The van der Waals surface area contributed by atoms with E-state index in [4.69, 9.17) is 4.74 Å². The van der Waals surface area contributed by atoms with Crippen molar-refractivity contribution in [2.24, 2.45) is 0 Å². The van der Waals surface area contributed by atoms with Gasteiger partial charge in [-0.3, -0.25) is 9.59 Å². The maximum absolute atomic E-state index is 12.2. The van der Waals surface area contributed by atoms with Gasteiger partial charge in [0.2, 0.25) is 5.91 Å². The monoisotopic (exact) mass is 303 g/mol. The van der Waals surface area contributed by atoms with E-state index in [1.807, 2.05) is 12.1 Å². The molecule has 22 heavy (non-hydrogen) atoms. The maximum atomic E-state index is 12.2. The summed E-state index contributed by atoms with van der Waals surface area (Å²) in [7, 11) is 1.64. The summed E-state index contributed by atoms with van der Waals surface area (Å²) in [6.07, 6.45) is 5.95. The number of amides is 1. The molecule has 0 unspecified atom stereocenters. The van der Waals surface area contributed by atoms with Crippen LogP contribution in [-0.2, 0) is 22.4 Å². The molecule has 1 aliphatic carbocycles. The van der Waals surface area contributed by atoms with Gasteiger partial charge < -0.3 is 10.1 Å². The van der Waals surface area contributed by atoms with Gasteiger partial charge in [-0.05, 0) is 49.3 Å². The number of nitrogens with one attached hydrogen (secondary N) is 1. The molecule has 4 nitrogen and oxygen atoms in total. The number of aryl methyl sites for hydroxylation is 2. The van der Waals surface area contributed by atoms with Crippen molar-refractivity contribution in [3.8, 4) is 0 Å². The van der Waals surface area contributed by atoms with E-state index in [-0.39, 0.29) is 24.5 Å². The second-order valence-corrected chi connectivity index (χ2v) is 5.81. The molecule has 0 aliphatic heterocycles. The minimum Gasteiger partial charge on any atom is -0.385 e. The van der Waals surface area contributed by atoms with Crippen molar-refractivity contribution in [3.63, 3.8) is 0 Å². The van der Waals surface area contributed by atoms with E-state index in [9.17, 15) is 9.59 Å². The molecule has 1 aromatic carbocycles. The van der Waals surface area contributed by atoms with Gasteiger partial charge in [0.25, 0.3) is 0 Å². The van der Waals surface area contributed by atoms with Crippen molar-refractivity contribution >= 4 is 11.7 Å². The van der Waals surface area contributed by atoms with E-state index in [2.05, 4.69) is 11.4 Å². The SMILES string of the molecule is COCCCNC(=O)CCC(=O)c1ccc2c(c1)CCCC2. The van der Waals surface area contributed by atoms with E-state index in [0.29, 0.717) is 13.2 Å². The number of benzene rings is 1. The van der Waals surface area contributed by atoms with Gasteiger partial charge in [0.05, 0.1) is 0 Å². The largest absolute Gasteiger partial charge is 0.385 e. The first-order chi connectivity index (χ1) is 10.7. The number of ketones is 1. The molecule has 0 atom stereocenters. The average Bonchev–Trinajstić information content (AvgIpc) is 2.56. The Balaban J connectivity index is 1.78. The second-order valence-electron chi connectivity index (χ2n) is 5.81. The fraction of sp³-hybridized carbons (Fsp3) is 0.556. The Morgan fingerprint density at radius 2 is 1.91 bits per heavy atom. The van der Waals surface area contributed by atoms with Gasteiger partial charge in [-0.25, -0.2) is 0 Å². The molecule has 4 heteroatoms. The average molecular weight is 303 g/mol. The topological polar surface area (TPSA) is 55.4 Å². The van der Waals surface area contributed by atoms with Crippen LogP contribution >= 0.6 is 0 Å². The highest BCUT2D eigenvalue weighted by Crippen LogP contribution is 2.22. The molecule has 0 radical (unpaired) electrons. The minimum atomic E-state index is -0.0672. The van der Waals surface area contributed by atoms with E-state index in [1.165, 1.54) is 24.0 Å². The molecule has 1 amide bonds. The van der Waals surface area contributed by atoms with Gasteiger partial charge in [0.15, 0.2) is 5.78 Å². The third kappa shape index (κ3) is 4.95. The summed E-state index contributed by atoms with van der Waals surface area (Å²) in [4.78, 5) is 23.9. The van der Waals surface area contributed by atoms with Gasteiger partial charge in [-0.1, -0.05) is 12.1 Å². The lowest BCUT2D eigenvalue weighted by molar-refractivity contribution is -0.121. The number of ether oxygens (including phenoxy) is 1. The summed E-state index contributed by atoms with van der Waals surface area (Å²) in [5.41, 5.74) is 3.42. The lowest BCUT2D eigenvalue weighted by Gasteiger charge is -2.16. The predicted molar refractivity (Wildman–Crippen MR) is 86.2 cm³/mol. The number of rotatable bonds is 8. The number of methoxy groups -OCH3 is 1. The fourth-order valence-electron chi connectivity index (χ4n) is 2.81. The van der Waals surface area contributed by atoms with Crippen LogP contribution in [0.3, 0.4) is 0 Å². The third-order valence-electron chi connectivity index (χ3n) is 4.10. The Labute approximate surface area is 132 Å².